The number of carbonyl (C=O) groups is 3. The maximum atomic E-state index is 12.9. The number of rotatable bonds is 10. The Morgan fingerprint density at radius 2 is 1.73 bits per heavy atom. The lowest BCUT2D eigenvalue weighted by Gasteiger charge is -2.34. The van der Waals surface area contributed by atoms with Crippen LogP contribution in [0.2, 0.25) is 0 Å². The topological polar surface area (TPSA) is 86.7 Å². The largest absolute Gasteiger partial charge is 0.478 e. The smallest absolute Gasteiger partial charge is 0.331 e. The van der Waals surface area contributed by atoms with Gasteiger partial charge >= 0.3 is 5.97 Å². The summed E-state index contributed by atoms with van der Waals surface area (Å²) >= 11 is 0. The number of carboxylic acids is 1. The van der Waals surface area contributed by atoms with Gasteiger partial charge in [-0.2, -0.15) is 0 Å². The molecule has 0 aliphatic carbocycles. The number of hydrogen-bond donors (Lipinski definition) is 2. The molecule has 0 radical (unpaired) electrons. The van der Waals surface area contributed by atoms with E-state index in [1.165, 1.54) is 11.8 Å². The first-order valence-corrected chi connectivity index (χ1v) is 10.4. The zero-order chi connectivity index (χ0) is 23.1. The lowest BCUT2D eigenvalue weighted by atomic mass is 9.71. The van der Waals surface area contributed by atoms with Gasteiger partial charge in [0.05, 0.1) is 12.6 Å². The van der Waals surface area contributed by atoms with Crippen LogP contribution in [-0.2, 0) is 19.8 Å². The van der Waals surface area contributed by atoms with Gasteiger partial charge in [0, 0.05) is 24.0 Å². The molecule has 2 amide bonds. The molecular formula is C24H36N2O4. The Bertz CT molecular complexity index is 769. The number of carboxylic acid groups (broad SMARTS) is 1. The Hall–Kier alpha value is -2.63. The molecule has 0 aliphatic rings. The van der Waals surface area contributed by atoms with E-state index in [1.807, 2.05) is 65.0 Å². The van der Waals surface area contributed by atoms with Crippen molar-refractivity contribution in [1.82, 2.24) is 10.2 Å². The van der Waals surface area contributed by atoms with Crippen molar-refractivity contribution < 1.29 is 19.5 Å². The molecule has 6 heteroatoms. The van der Waals surface area contributed by atoms with Crippen LogP contribution in [0, 0.1) is 11.8 Å². The van der Waals surface area contributed by atoms with Crippen LogP contribution < -0.4 is 5.32 Å². The quantitative estimate of drug-likeness (QED) is 0.570. The van der Waals surface area contributed by atoms with E-state index in [0.717, 1.165) is 5.56 Å². The zero-order valence-corrected chi connectivity index (χ0v) is 19.2. The highest BCUT2D eigenvalue weighted by Crippen LogP contribution is 2.33. The molecule has 2 N–H and O–H groups in total. The highest BCUT2D eigenvalue weighted by molar-refractivity contribution is 5.88. The maximum absolute atomic E-state index is 12.9. The summed E-state index contributed by atoms with van der Waals surface area (Å²) in [4.78, 5) is 38.3. The molecule has 6 nitrogen and oxygen atoms in total. The van der Waals surface area contributed by atoms with Crippen LogP contribution in [0.1, 0.15) is 53.5 Å². The van der Waals surface area contributed by atoms with Crippen molar-refractivity contribution in [2.45, 2.75) is 59.4 Å². The third kappa shape index (κ3) is 6.44. The van der Waals surface area contributed by atoms with Crippen molar-refractivity contribution in [3.05, 3.63) is 47.5 Å². The first-order valence-electron chi connectivity index (χ1n) is 10.4. The van der Waals surface area contributed by atoms with Crippen LogP contribution in [-0.4, -0.2) is 47.4 Å². The van der Waals surface area contributed by atoms with Crippen LogP contribution >= 0.6 is 0 Å². The number of nitrogens with zero attached hydrogens (tertiary/aromatic N) is 1. The lowest BCUT2D eigenvalue weighted by molar-refractivity contribution is -0.135. The predicted octanol–water partition coefficient (Wildman–Crippen LogP) is 3.62. The van der Waals surface area contributed by atoms with E-state index in [4.69, 9.17) is 5.11 Å². The third-order valence-electron chi connectivity index (χ3n) is 5.81. The van der Waals surface area contributed by atoms with Crippen LogP contribution in [0.3, 0.4) is 0 Å². The summed E-state index contributed by atoms with van der Waals surface area (Å²) < 4.78 is 0. The highest BCUT2D eigenvalue weighted by Gasteiger charge is 2.35. The lowest BCUT2D eigenvalue weighted by Crippen LogP contribution is -2.47. The number of likely N-dealkylation sites (N-methyl/N-ethyl adjacent to an activating group) is 1. The first kappa shape index (κ1) is 25.4. The molecule has 0 saturated heterocycles. The van der Waals surface area contributed by atoms with Gasteiger partial charge in [-0.3, -0.25) is 9.59 Å². The predicted molar refractivity (Wildman–Crippen MR) is 119 cm³/mol. The normalized spacial score (nSPS) is 14.2. The van der Waals surface area contributed by atoms with Crippen molar-refractivity contribution in [3.8, 4) is 0 Å². The van der Waals surface area contributed by atoms with Gasteiger partial charge in [-0.1, -0.05) is 71.0 Å². The molecule has 0 heterocycles. The molecular weight excluding hydrogens is 380 g/mol. The van der Waals surface area contributed by atoms with Crippen LogP contribution in [0.5, 0.6) is 0 Å². The fraction of sp³-hybridized carbons (Fsp3) is 0.542. The van der Waals surface area contributed by atoms with Crippen molar-refractivity contribution in [2.75, 3.05) is 13.6 Å². The second-order valence-corrected chi connectivity index (χ2v) is 8.66. The van der Waals surface area contributed by atoms with Gasteiger partial charge in [0.1, 0.15) is 0 Å². The average Bonchev–Trinajstić information content (AvgIpc) is 2.70. The molecule has 166 valence electrons. The van der Waals surface area contributed by atoms with Gasteiger partial charge in [0.2, 0.25) is 11.8 Å². The van der Waals surface area contributed by atoms with Crippen LogP contribution in [0.25, 0.3) is 0 Å². The standard InChI is InChI=1S/C24H36N2O4/c1-8-19(24(5,6)18-12-10-9-11-13-18)22(28)25-15-21(27)26(7)20(16(2)3)14-17(4)23(29)30/h9-14,16,19-20H,8,15H2,1-7H3,(H,25,28)(H,29,30)/b17-14+/t19-,20?/m0/s1. The fourth-order valence-electron chi connectivity index (χ4n) is 3.75. The Morgan fingerprint density at radius 3 is 2.20 bits per heavy atom. The Morgan fingerprint density at radius 1 is 1.17 bits per heavy atom. The maximum Gasteiger partial charge on any atom is 0.331 e. The van der Waals surface area contributed by atoms with Crippen LogP contribution in [0.4, 0.5) is 0 Å². The zero-order valence-electron chi connectivity index (χ0n) is 19.2. The second-order valence-electron chi connectivity index (χ2n) is 8.66. The van der Waals surface area contributed by atoms with Crippen molar-refractivity contribution in [1.29, 1.82) is 0 Å². The van der Waals surface area contributed by atoms with Gasteiger partial charge in [-0.15, -0.1) is 0 Å². The minimum absolute atomic E-state index is 0.0318. The monoisotopic (exact) mass is 416 g/mol. The number of hydrogen-bond acceptors (Lipinski definition) is 3. The van der Waals surface area contributed by atoms with Gasteiger partial charge in [0.25, 0.3) is 0 Å². The van der Waals surface area contributed by atoms with E-state index in [0.29, 0.717) is 6.42 Å². The number of carbonyl (C=O) groups excluding carboxylic acids is 2. The summed E-state index contributed by atoms with van der Waals surface area (Å²) in [5, 5.41) is 11.9. The average molecular weight is 417 g/mol. The van der Waals surface area contributed by atoms with Gasteiger partial charge < -0.3 is 15.3 Å². The number of aliphatic carboxylic acids is 1. The second kappa shape index (κ2) is 11.0. The number of benzene rings is 1. The summed E-state index contributed by atoms with van der Waals surface area (Å²) in [6, 6.07) is 9.52. The molecule has 0 spiro atoms. The molecule has 0 aromatic heterocycles. The van der Waals surface area contributed by atoms with E-state index in [1.54, 1.807) is 13.1 Å². The summed E-state index contributed by atoms with van der Waals surface area (Å²) in [5.74, 6) is -1.68. The molecule has 1 unspecified atom stereocenters. The van der Waals surface area contributed by atoms with E-state index in [9.17, 15) is 14.4 Å². The first-order chi connectivity index (χ1) is 13.9. The molecule has 1 aromatic carbocycles. The molecule has 0 aliphatic heterocycles. The van der Waals surface area contributed by atoms with Crippen LogP contribution in [0.15, 0.2) is 42.0 Å². The number of amides is 2. The summed E-state index contributed by atoms with van der Waals surface area (Å²) in [7, 11) is 1.63. The summed E-state index contributed by atoms with van der Waals surface area (Å²) in [5.41, 5.74) is 0.884. The van der Waals surface area contributed by atoms with Crippen molar-refractivity contribution >= 4 is 17.8 Å². The SMILES string of the molecule is CC[C@@H](C(=O)NCC(=O)N(C)C(/C=C(\C)C(=O)O)C(C)C)C(C)(C)c1ccccc1. The molecule has 1 aromatic rings. The molecule has 0 saturated carbocycles. The number of nitrogens with one attached hydrogen (secondary N) is 1. The van der Waals surface area contributed by atoms with E-state index >= 15 is 0 Å². The highest BCUT2D eigenvalue weighted by atomic mass is 16.4. The molecule has 0 bridgehead atoms. The van der Waals surface area contributed by atoms with Gasteiger partial charge in [0.15, 0.2) is 0 Å². The Balaban J connectivity index is 2.87. The Kier molecular flexibility index (Phi) is 9.27. The van der Waals surface area contributed by atoms with Gasteiger partial charge in [-0.05, 0) is 24.8 Å². The summed E-state index contributed by atoms with van der Waals surface area (Å²) in [6.45, 7) is 11.3. The summed E-state index contributed by atoms with van der Waals surface area (Å²) in [6.07, 6.45) is 2.23. The molecule has 0 fully saturated rings. The van der Waals surface area contributed by atoms with Crippen molar-refractivity contribution in [2.24, 2.45) is 11.8 Å². The minimum atomic E-state index is -1.01. The van der Waals surface area contributed by atoms with Crippen molar-refractivity contribution in [3.63, 3.8) is 0 Å². The Labute approximate surface area is 180 Å². The van der Waals surface area contributed by atoms with E-state index in [-0.39, 0.29) is 47.2 Å². The fourth-order valence-corrected chi connectivity index (χ4v) is 3.75. The third-order valence-corrected chi connectivity index (χ3v) is 5.81. The minimum Gasteiger partial charge on any atom is -0.478 e. The molecule has 1 rings (SSSR count). The molecule has 2 atom stereocenters. The van der Waals surface area contributed by atoms with E-state index in [2.05, 4.69) is 5.32 Å². The van der Waals surface area contributed by atoms with E-state index < -0.39 is 5.97 Å². The van der Waals surface area contributed by atoms with Gasteiger partial charge in [-0.25, -0.2) is 4.79 Å². The molecule has 30 heavy (non-hydrogen) atoms.